The van der Waals surface area contributed by atoms with E-state index >= 15 is 0 Å². The summed E-state index contributed by atoms with van der Waals surface area (Å²) >= 11 is 6.03. The number of rotatable bonds is 1. The third kappa shape index (κ3) is 2.50. The first-order valence-corrected chi connectivity index (χ1v) is 5.67. The summed E-state index contributed by atoms with van der Waals surface area (Å²) in [4.78, 5) is 0. The second-order valence-electron chi connectivity index (χ2n) is 4.18. The van der Waals surface area contributed by atoms with Gasteiger partial charge in [0.2, 0.25) is 0 Å². The van der Waals surface area contributed by atoms with Crippen LogP contribution in [0.25, 0.3) is 0 Å². The zero-order chi connectivity index (χ0) is 10.8. The van der Waals surface area contributed by atoms with E-state index in [1.54, 1.807) is 6.07 Å². The molecular formula is C12H14ClFO. The maximum atomic E-state index is 13.1. The molecule has 15 heavy (non-hydrogen) atoms. The molecule has 0 bridgehead atoms. The van der Waals surface area contributed by atoms with E-state index in [0.29, 0.717) is 11.4 Å². The van der Waals surface area contributed by atoms with Crippen LogP contribution in [-0.4, -0.2) is 11.2 Å². The van der Waals surface area contributed by atoms with Crippen molar-refractivity contribution in [2.75, 3.05) is 0 Å². The maximum absolute atomic E-state index is 13.1. The zero-order valence-electron chi connectivity index (χ0n) is 8.42. The average Bonchev–Trinajstić information content (AvgIpc) is 2.22. The molecule has 1 N–H and O–H groups in total. The number of hydrogen-bond donors (Lipinski definition) is 1. The molecule has 1 aliphatic rings. The molecule has 0 saturated heterocycles. The Hall–Kier alpha value is -0.600. The predicted octanol–water partition coefficient (Wildman–Crippen LogP) is 3.50. The first-order valence-electron chi connectivity index (χ1n) is 5.30. The van der Waals surface area contributed by atoms with Gasteiger partial charge in [-0.1, -0.05) is 18.0 Å². The van der Waals surface area contributed by atoms with Gasteiger partial charge < -0.3 is 5.11 Å². The van der Waals surface area contributed by atoms with Crippen molar-refractivity contribution in [2.24, 2.45) is 0 Å². The van der Waals surface area contributed by atoms with Gasteiger partial charge in [0.1, 0.15) is 5.82 Å². The molecule has 1 fully saturated rings. The van der Waals surface area contributed by atoms with Crippen LogP contribution in [-0.2, 0) is 0 Å². The molecular weight excluding hydrogens is 215 g/mol. The van der Waals surface area contributed by atoms with Crippen molar-refractivity contribution in [1.29, 1.82) is 0 Å². The number of aliphatic hydroxyl groups is 1. The molecule has 0 aromatic heterocycles. The summed E-state index contributed by atoms with van der Waals surface area (Å²) in [6.07, 6.45) is 3.26. The van der Waals surface area contributed by atoms with E-state index in [0.717, 1.165) is 24.8 Å². The lowest BCUT2D eigenvalue weighted by Crippen LogP contribution is -2.18. The summed E-state index contributed by atoms with van der Waals surface area (Å²) in [5.41, 5.74) is 0.843. The smallest absolute Gasteiger partial charge is 0.123 e. The first-order chi connectivity index (χ1) is 7.16. The fourth-order valence-corrected chi connectivity index (χ4v) is 2.55. The Labute approximate surface area is 93.9 Å². The second kappa shape index (κ2) is 4.50. The molecule has 2 atom stereocenters. The molecule has 0 spiro atoms. The third-order valence-corrected chi connectivity index (χ3v) is 3.39. The highest BCUT2D eigenvalue weighted by atomic mass is 35.5. The molecule has 2 rings (SSSR count). The van der Waals surface area contributed by atoms with Gasteiger partial charge in [-0.3, -0.25) is 0 Å². The standard InChI is InChI=1S/C12H14ClFO/c13-12-5-4-9(14)7-11(12)8-2-1-3-10(15)6-8/h4-5,7-8,10,15H,1-3,6H2. The van der Waals surface area contributed by atoms with Crippen LogP contribution in [0.2, 0.25) is 5.02 Å². The monoisotopic (exact) mass is 228 g/mol. The van der Waals surface area contributed by atoms with Crippen LogP contribution < -0.4 is 0 Å². The van der Waals surface area contributed by atoms with Crippen LogP contribution in [0.5, 0.6) is 0 Å². The van der Waals surface area contributed by atoms with E-state index in [1.165, 1.54) is 12.1 Å². The molecule has 1 aliphatic carbocycles. The number of aliphatic hydroxyl groups excluding tert-OH is 1. The highest BCUT2D eigenvalue weighted by Crippen LogP contribution is 2.36. The lowest BCUT2D eigenvalue weighted by atomic mass is 9.82. The minimum absolute atomic E-state index is 0.206. The molecule has 3 heteroatoms. The quantitative estimate of drug-likeness (QED) is 0.780. The molecule has 2 unspecified atom stereocenters. The van der Waals surface area contributed by atoms with Crippen LogP contribution in [0.1, 0.15) is 37.2 Å². The molecule has 0 heterocycles. The first kappa shape index (κ1) is 10.9. The Morgan fingerprint density at radius 1 is 1.33 bits per heavy atom. The van der Waals surface area contributed by atoms with Crippen LogP contribution in [0, 0.1) is 5.82 Å². The third-order valence-electron chi connectivity index (χ3n) is 3.04. The van der Waals surface area contributed by atoms with Crippen molar-refractivity contribution in [3.05, 3.63) is 34.6 Å². The van der Waals surface area contributed by atoms with Crippen molar-refractivity contribution >= 4 is 11.6 Å². The zero-order valence-corrected chi connectivity index (χ0v) is 9.17. The number of halogens is 2. The number of benzene rings is 1. The maximum Gasteiger partial charge on any atom is 0.123 e. The molecule has 82 valence electrons. The van der Waals surface area contributed by atoms with E-state index in [2.05, 4.69) is 0 Å². The van der Waals surface area contributed by atoms with Gasteiger partial charge in [0.05, 0.1) is 6.10 Å². The highest BCUT2D eigenvalue weighted by Gasteiger charge is 2.23. The predicted molar refractivity (Wildman–Crippen MR) is 58.6 cm³/mol. The largest absolute Gasteiger partial charge is 0.393 e. The van der Waals surface area contributed by atoms with E-state index < -0.39 is 0 Å². The van der Waals surface area contributed by atoms with Gasteiger partial charge in [-0.2, -0.15) is 0 Å². The second-order valence-corrected chi connectivity index (χ2v) is 4.59. The molecule has 1 nitrogen and oxygen atoms in total. The minimum Gasteiger partial charge on any atom is -0.393 e. The van der Waals surface area contributed by atoms with Crippen molar-refractivity contribution in [1.82, 2.24) is 0 Å². The highest BCUT2D eigenvalue weighted by molar-refractivity contribution is 6.31. The fraction of sp³-hybridized carbons (Fsp3) is 0.500. The number of hydrogen-bond acceptors (Lipinski definition) is 1. The van der Waals surface area contributed by atoms with Gasteiger partial charge in [0.15, 0.2) is 0 Å². The molecule has 1 aromatic rings. The Morgan fingerprint density at radius 2 is 2.13 bits per heavy atom. The van der Waals surface area contributed by atoms with Crippen molar-refractivity contribution in [3.8, 4) is 0 Å². The molecule has 1 saturated carbocycles. The molecule has 0 radical (unpaired) electrons. The van der Waals surface area contributed by atoms with Crippen LogP contribution in [0.4, 0.5) is 4.39 Å². The summed E-state index contributed by atoms with van der Waals surface area (Å²) in [7, 11) is 0. The van der Waals surface area contributed by atoms with Crippen molar-refractivity contribution < 1.29 is 9.50 Å². The molecule has 0 amide bonds. The Kier molecular flexibility index (Phi) is 3.27. The van der Waals surface area contributed by atoms with Gasteiger partial charge in [-0.15, -0.1) is 0 Å². The van der Waals surface area contributed by atoms with Gasteiger partial charge in [0, 0.05) is 5.02 Å². The van der Waals surface area contributed by atoms with E-state index in [9.17, 15) is 9.50 Å². The van der Waals surface area contributed by atoms with Gasteiger partial charge in [-0.25, -0.2) is 4.39 Å². The van der Waals surface area contributed by atoms with E-state index in [4.69, 9.17) is 11.6 Å². The van der Waals surface area contributed by atoms with Crippen molar-refractivity contribution in [3.63, 3.8) is 0 Å². The molecule has 0 aliphatic heterocycles. The van der Waals surface area contributed by atoms with Gasteiger partial charge in [0.25, 0.3) is 0 Å². The summed E-state index contributed by atoms with van der Waals surface area (Å²) < 4.78 is 13.1. The normalized spacial score (nSPS) is 26.6. The average molecular weight is 229 g/mol. The van der Waals surface area contributed by atoms with Crippen LogP contribution in [0.3, 0.4) is 0 Å². The van der Waals surface area contributed by atoms with Crippen LogP contribution >= 0.6 is 11.6 Å². The lowest BCUT2D eigenvalue weighted by Gasteiger charge is -2.26. The Bertz CT molecular complexity index is 353. The summed E-state index contributed by atoms with van der Waals surface area (Å²) in [5, 5.41) is 10.2. The molecule has 1 aromatic carbocycles. The topological polar surface area (TPSA) is 20.2 Å². The van der Waals surface area contributed by atoms with Crippen LogP contribution in [0.15, 0.2) is 18.2 Å². The van der Waals surface area contributed by atoms with E-state index in [-0.39, 0.29) is 17.8 Å². The fourth-order valence-electron chi connectivity index (χ4n) is 2.27. The van der Waals surface area contributed by atoms with Gasteiger partial charge in [-0.05, 0) is 48.9 Å². The SMILES string of the molecule is OC1CCCC(c2cc(F)ccc2Cl)C1. The summed E-state index contributed by atoms with van der Waals surface area (Å²) in [5.74, 6) is -0.0496. The summed E-state index contributed by atoms with van der Waals surface area (Å²) in [6.45, 7) is 0. The minimum atomic E-state index is -0.261. The van der Waals surface area contributed by atoms with E-state index in [1.807, 2.05) is 0 Å². The lowest BCUT2D eigenvalue weighted by molar-refractivity contribution is 0.119. The van der Waals surface area contributed by atoms with Crippen molar-refractivity contribution in [2.45, 2.75) is 37.7 Å². The Morgan fingerprint density at radius 3 is 2.87 bits per heavy atom. The summed E-state index contributed by atoms with van der Waals surface area (Å²) in [6, 6.07) is 4.45. The van der Waals surface area contributed by atoms with Gasteiger partial charge >= 0.3 is 0 Å². The Balaban J connectivity index is 2.24.